The van der Waals surface area contributed by atoms with Crippen LogP contribution in [0.2, 0.25) is 0 Å². The van der Waals surface area contributed by atoms with Gasteiger partial charge in [0.2, 0.25) is 15.9 Å². The predicted octanol–water partition coefficient (Wildman–Crippen LogP) is 1.37. The third kappa shape index (κ3) is 5.47. The standard InChI is InChI=1S/C16H25N3O3S2/c1-13-14(11-19-7-9-23-10-8-19)5-4-6-15(13)17-16(20)12-18(2)24(3,21)22/h4-6H,7-12H2,1-3H3,(H,17,20). The van der Waals surface area contributed by atoms with Crippen LogP contribution in [0.1, 0.15) is 11.1 Å². The van der Waals surface area contributed by atoms with E-state index in [0.717, 1.165) is 53.0 Å². The summed E-state index contributed by atoms with van der Waals surface area (Å²) in [7, 11) is -1.97. The minimum Gasteiger partial charge on any atom is -0.325 e. The Labute approximate surface area is 148 Å². The van der Waals surface area contributed by atoms with Crippen molar-refractivity contribution in [1.82, 2.24) is 9.21 Å². The molecule has 1 N–H and O–H groups in total. The molecule has 0 unspecified atom stereocenters. The van der Waals surface area contributed by atoms with Gasteiger partial charge in [-0.05, 0) is 24.1 Å². The molecule has 2 rings (SSSR count). The molecule has 1 aromatic carbocycles. The summed E-state index contributed by atoms with van der Waals surface area (Å²) in [6.07, 6.45) is 1.09. The highest BCUT2D eigenvalue weighted by molar-refractivity contribution is 7.99. The average Bonchev–Trinajstić information content (AvgIpc) is 2.51. The molecule has 0 radical (unpaired) electrons. The fraction of sp³-hybridized carbons (Fsp3) is 0.562. The van der Waals surface area contributed by atoms with Crippen LogP contribution >= 0.6 is 11.8 Å². The first-order valence-electron chi connectivity index (χ1n) is 7.87. The van der Waals surface area contributed by atoms with E-state index in [-0.39, 0.29) is 12.5 Å². The molecule has 0 aromatic heterocycles. The number of benzene rings is 1. The van der Waals surface area contributed by atoms with Gasteiger partial charge in [-0.25, -0.2) is 8.42 Å². The van der Waals surface area contributed by atoms with E-state index in [1.54, 1.807) is 0 Å². The summed E-state index contributed by atoms with van der Waals surface area (Å²) in [5.74, 6) is 1.98. The van der Waals surface area contributed by atoms with E-state index in [1.165, 1.54) is 12.6 Å². The summed E-state index contributed by atoms with van der Waals surface area (Å²) < 4.78 is 23.8. The number of anilines is 1. The molecule has 1 aliphatic heterocycles. The smallest absolute Gasteiger partial charge is 0.239 e. The van der Waals surface area contributed by atoms with Gasteiger partial charge in [-0.3, -0.25) is 9.69 Å². The maximum Gasteiger partial charge on any atom is 0.239 e. The molecule has 1 amide bonds. The quantitative estimate of drug-likeness (QED) is 0.818. The van der Waals surface area contributed by atoms with E-state index in [0.29, 0.717) is 0 Å². The highest BCUT2D eigenvalue weighted by Gasteiger charge is 2.17. The minimum atomic E-state index is -3.36. The van der Waals surface area contributed by atoms with E-state index in [1.807, 2.05) is 30.8 Å². The number of thioether (sulfide) groups is 1. The molecule has 0 saturated carbocycles. The number of nitrogens with one attached hydrogen (secondary N) is 1. The van der Waals surface area contributed by atoms with Gasteiger partial charge < -0.3 is 5.32 Å². The Hall–Kier alpha value is -1.09. The van der Waals surface area contributed by atoms with Crippen LogP contribution in [0.25, 0.3) is 0 Å². The van der Waals surface area contributed by atoms with Gasteiger partial charge in [-0.2, -0.15) is 16.1 Å². The third-order valence-corrected chi connectivity index (χ3v) is 6.35. The lowest BCUT2D eigenvalue weighted by atomic mass is 10.1. The Kier molecular flexibility index (Phi) is 6.68. The molecule has 1 heterocycles. The number of sulfonamides is 1. The molecule has 1 aliphatic rings. The highest BCUT2D eigenvalue weighted by atomic mass is 32.2. The second-order valence-electron chi connectivity index (χ2n) is 6.05. The first-order valence-corrected chi connectivity index (χ1v) is 10.9. The second kappa shape index (κ2) is 8.33. The Bertz CT molecular complexity index is 686. The van der Waals surface area contributed by atoms with Gasteiger partial charge in [-0.15, -0.1) is 0 Å². The van der Waals surface area contributed by atoms with Crippen molar-refractivity contribution in [2.75, 3.05) is 49.8 Å². The van der Waals surface area contributed by atoms with Crippen molar-refractivity contribution in [1.29, 1.82) is 0 Å². The number of carbonyl (C=O) groups excluding carboxylic acids is 1. The Morgan fingerprint density at radius 3 is 2.62 bits per heavy atom. The number of amides is 1. The number of likely N-dealkylation sites (N-methyl/N-ethyl adjacent to an activating group) is 1. The molecule has 24 heavy (non-hydrogen) atoms. The first-order chi connectivity index (χ1) is 11.3. The molecule has 134 valence electrons. The topological polar surface area (TPSA) is 69.7 Å². The molecule has 0 bridgehead atoms. The second-order valence-corrected chi connectivity index (χ2v) is 9.36. The zero-order chi connectivity index (χ0) is 17.7. The van der Waals surface area contributed by atoms with Gasteiger partial charge in [0.25, 0.3) is 0 Å². The van der Waals surface area contributed by atoms with Crippen molar-refractivity contribution < 1.29 is 13.2 Å². The number of hydrogen-bond donors (Lipinski definition) is 1. The Morgan fingerprint density at radius 2 is 2.00 bits per heavy atom. The molecule has 0 atom stereocenters. The molecule has 0 spiro atoms. The van der Waals surface area contributed by atoms with Crippen molar-refractivity contribution in [3.05, 3.63) is 29.3 Å². The number of carbonyl (C=O) groups is 1. The zero-order valence-corrected chi connectivity index (χ0v) is 16.0. The summed E-state index contributed by atoms with van der Waals surface area (Å²) in [4.78, 5) is 14.5. The molecule has 1 saturated heterocycles. The van der Waals surface area contributed by atoms with Crippen molar-refractivity contribution in [2.45, 2.75) is 13.5 Å². The van der Waals surface area contributed by atoms with Gasteiger partial charge in [0, 0.05) is 43.9 Å². The summed E-state index contributed by atoms with van der Waals surface area (Å²) in [5.41, 5.74) is 2.97. The molecule has 1 fully saturated rings. The summed E-state index contributed by atoms with van der Waals surface area (Å²) in [6.45, 7) is 4.84. The molecule has 0 aliphatic carbocycles. The number of hydrogen-bond acceptors (Lipinski definition) is 5. The number of nitrogens with zero attached hydrogens (tertiary/aromatic N) is 2. The normalized spacial score (nSPS) is 16.3. The monoisotopic (exact) mass is 371 g/mol. The lowest BCUT2D eigenvalue weighted by molar-refractivity contribution is -0.116. The van der Waals surface area contributed by atoms with Crippen molar-refractivity contribution in [3.63, 3.8) is 0 Å². The van der Waals surface area contributed by atoms with Crippen LogP contribution in [0.4, 0.5) is 5.69 Å². The molecule has 1 aromatic rings. The van der Waals surface area contributed by atoms with E-state index in [2.05, 4.69) is 16.3 Å². The van der Waals surface area contributed by atoms with Crippen molar-refractivity contribution in [2.24, 2.45) is 0 Å². The number of rotatable bonds is 6. The van der Waals surface area contributed by atoms with Crippen LogP contribution in [0.3, 0.4) is 0 Å². The van der Waals surface area contributed by atoms with E-state index < -0.39 is 10.0 Å². The van der Waals surface area contributed by atoms with E-state index in [4.69, 9.17) is 0 Å². The average molecular weight is 372 g/mol. The Balaban J connectivity index is 2.02. The molecular weight excluding hydrogens is 346 g/mol. The predicted molar refractivity (Wildman–Crippen MR) is 99.9 cm³/mol. The van der Waals surface area contributed by atoms with Crippen molar-refractivity contribution >= 4 is 33.4 Å². The van der Waals surface area contributed by atoms with Crippen LogP contribution in [-0.2, 0) is 21.4 Å². The van der Waals surface area contributed by atoms with Crippen LogP contribution in [-0.4, -0.2) is 68.0 Å². The summed E-state index contributed by atoms with van der Waals surface area (Å²) in [5, 5.41) is 2.82. The fourth-order valence-corrected chi connectivity index (χ4v) is 3.83. The highest BCUT2D eigenvalue weighted by Crippen LogP contribution is 2.22. The molecule has 8 heteroatoms. The van der Waals surface area contributed by atoms with E-state index >= 15 is 0 Å². The van der Waals surface area contributed by atoms with Crippen LogP contribution < -0.4 is 5.32 Å². The van der Waals surface area contributed by atoms with Gasteiger partial charge in [-0.1, -0.05) is 12.1 Å². The Morgan fingerprint density at radius 1 is 1.33 bits per heavy atom. The molecular formula is C16H25N3O3S2. The van der Waals surface area contributed by atoms with Gasteiger partial charge in [0.05, 0.1) is 12.8 Å². The van der Waals surface area contributed by atoms with Gasteiger partial charge >= 0.3 is 0 Å². The van der Waals surface area contributed by atoms with Gasteiger partial charge in [0.1, 0.15) is 0 Å². The lowest BCUT2D eigenvalue weighted by Crippen LogP contribution is -2.34. The zero-order valence-electron chi connectivity index (χ0n) is 14.4. The largest absolute Gasteiger partial charge is 0.325 e. The molecule has 6 nitrogen and oxygen atoms in total. The van der Waals surface area contributed by atoms with Gasteiger partial charge in [0.15, 0.2) is 0 Å². The van der Waals surface area contributed by atoms with Crippen molar-refractivity contribution in [3.8, 4) is 0 Å². The van der Waals surface area contributed by atoms with E-state index in [9.17, 15) is 13.2 Å². The maximum atomic E-state index is 12.1. The van der Waals surface area contributed by atoms with Crippen LogP contribution in [0.15, 0.2) is 18.2 Å². The third-order valence-electron chi connectivity index (χ3n) is 4.15. The summed E-state index contributed by atoms with van der Waals surface area (Å²) >= 11 is 1.98. The maximum absolute atomic E-state index is 12.1. The minimum absolute atomic E-state index is 0.189. The lowest BCUT2D eigenvalue weighted by Gasteiger charge is -2.27. The van der Waals surface area contributed by atoms with Crippen LogP contribution in [0.5, 0.6) is 0 Å². The SMILES string of the molecule is Cc1c(CN2CCSCC2)cccc1NC(=O)CN(C)S(C)(=O)=O. The van der Waals surface area contributed by atoms with Crippen LogP contribution in [0, 0.1) is 6.92 Å². The summed E-state index contributed by atoms with van der Waals surface area (Å²) in [6, 6.07) is 5.86. The first kappa shape index (κ1) is 19.2. The fourth-order valence-electron chi connectivity index (χ4n) is 2.50.